The number of hydrogen-bond donors (Lipinski definition) is 1. The van der Waals surface area contributed by atoms with Crippen molar-refractivity contribution in [2.75, 3.05) is 11.9 Å². The highest BCUT2D eigenvalue weighted by molar-refractivity contribution is 7.14. The molecule has 2 aromatic carbocycles. The first-order chi connectivity index (χ1) is 14.2. The Morgan fingerprint density at radius 3 is 2.83 bits per heavy atom. The van der Waals surface area contributed by atoms with Crippen LogP contribution in [0, 0.1) is 0 Å². The Bertz CT molecular complexity index is 1300. The molecule has 1 amide bonds. The zero-order valence-corrected chi connectivity index (χ0v) is 16.3. The Morgan fingerprint density at radius 1 is 1.10 bits per heavy atom. The maximum absolute atomic E-state index is 12.6. The molecule has 1 N–H and O–H groups in total. The number of ether oxygens (including phenoxy) is 1. The molecule has 0 aliphatic heterocycles. The minimum atomic E-state index is -0.367. The molecule has 0 aliphatic rings. The van der Waals surface area contributed by atoms with Crippen molar-refractivity contribution in [3.63, 3.8) is 0 Å². The van der Waals surface area contributed by atoms with Crippen molar-refractivity contribution < 1.29 is 18.4 Å². The summed E-state index contributed by atoms with van der Waals surface area (Å²) in [5, 5.41) is 6.92. The molecule has 5 rings (SSSR count). The van der Waals surface area contributed by atoms with Crippen molar-refractivity contribution in [3.8, 4) is 17.2 Å². The summed E-state index contributed by atoms with van der Waals surface area (Å²) < 4.78 is 17.1. The molecule has 0 atom stereocenters. The van der Waals surface area contributed by atoms with Gasteiger partial charge in [-0.3, -0.25) is 10.1 Å². The van der Waals surface area contributed by atoms with Crippen LogP contribution in [0.3, 0.4) is 0 Å². The molecule has 0 spiro atoms. The molecule has 6 nitrogen and oxygen atoms in total. The molecular weight excluding hydrogens is 388 g/mol. The second kappa shape index (κ2) is 7.10. The number of nitrogens with one attached hydrogen (secondary N) is 1. The lowest BCUT2D eigenvalue weighted by atomic mass is 10.2. The number of fused-ring (bicyclic) bond motifs is 2. The number of benzene rings is 2. The molecule has 5 aromatic rings. The molecule has 3 aromatic heterocycles. The number of carbonyl (C=O) groups is 1. The van der Waals surface area contributed by atoms with Crippen LogP contribution in [-0.4, -0.2) is 17.5 Å². The predicted molar refractivity (Wildman–Crippen MR) is 113 cm³/mol. The third-order valence-corrected chi connectivity index (χ3v) is 5.19. The van der Waals surface area contributed by atoms with Gasteiger partial charge in [0.15, 0.2) is 28.0 Å². The third-order valence-electron chi connectivity index (χ3n) is 4.43. The van der Waals surface area contributed by atoms with E-state index in [1.807, 2.05) is 60.8 Å². The van der Waals surface area contributed by atoms with Gasteiger partial charge in [0.05, 0.1) is 6.61 Å². The Kier molecular flexibility index (Phi) is 4.29. The summed E-state index contributed by atoms with van der Waals surface area (Å²) in [5.74, 6) is 1.11. The SMILES string of the molecule is CCOc1cccc2cc(C(=O)Nc3nc(-c4cc5ccccc5o4)cs3)oc12. The van der Waals surface area contributed by atoms with Crippen LogP contribution in [-0.2, 0) is 0 Å². The number of rotatable bonds is 5. The lowest BCUT2D eigenvalue weighted by Crippen LogP contribution is -2.10. The number of nitrogens with zero attached hydrogens (tertiary/aromatic N) is 1. The number of amides is 1. The average Bonchev–Trinajstić information content (AvgIpc) is 3.45. The van der Waals surface area contributed by atoms with E-state index in [1.165, 1.54) is 11.3 Å². The van der Waals surface area contributed by atoms with Crippen molar-refractivity contribution in [1.82, 2.24) is 4.98 Å². The number of anilines is 1. The molecule has 7 heteroatoms. The van der Waals surface area contributed by atoms with Crippen LogP contribution < -0.4 is 10.1 Å². The quantitative estimate of drug-likeness (QED) is 0.391. The van der Waals surface area contributed by atoms with Crippen molar-refractivity contribution in [2.45, 2.75) is 6.92 Å². The molecule has 0 fully saturated rings. The number of furan rings is 2. The molecule has 0 unspecified atom stereocenters. The number of carbonyl (C=O) groups excluding carboxylic acids is 1. The Morgan fingerprint density at radius 2 is 1.97 bits per heavy atom. The highest BCUT2D eigenvalue weighted by Gasteiger charge is 2.17. The maximum Gasteiger partial charge on any atom is 0.293 e. The summed E-state index contributed by atoms with van der Waals surface area (Å²) in [6, 6.07) is 17.0. The van der Waals surface area contributed by atoms with E-state index in [-0.39, 0.29) is 11.7 Å². The average molecular weight is 404 g/mol. The fraction of sp³-hybridized carbons (Fsp3) is 0.0909. The fourth-order valence-corrected chi connectivity index (χ4v) is 3.82. The lowest BCUT2D eigenvalue weighted by Gasteiger charge is -2.02. The normalized spacial score (nSPS) is 11.2. The first-order valence-electron chi connectivity index (χ1n) is 9.12. The van der Waals surface area contributed by atoms with E-state index >= 15 is 0 Å². The van der Waals surface area contributed by atoms with Gasteiger partial charge in [0.1, 0.15) is 11.3 Å². The van der Waals surface area contributed by atoms with Crippen molar-refractivity contribution in [2.24, 2.45) is 0 Å². The summed E-state index contributed by atoms with van der Waals surface area (Å²) in [6.07, 6.45) is 0. The van der Waals surface area contributed by atoms with E-state index in [1.54, 1.807) is 6.07 Å². The van der Waals surface area contributed by atoms with Crippen LogP contribution in [0.5, 0.6) is 5.75 Å². The molecule has 144 valence electrons. The second-order valence-corrected chi connectivity index (χ2v) is 7.22. The van der Waals surface area contributed by atoms with Gasteiger partial charge in [-0.15, -0.1) is 11.3 Å². The fourth-order valence-electron chi connectivity index (χ4n) is 3.13. The lowest BCUT2D eigenvalue weighted by molar-refractivity contribution is 0.0998. The van der Waals surface area contributed by atoms with Gasteiger partial charge < -0.3 is 13.6 Å². The molecule has 0 aliphatic carbocycles. The first kappa shape index (κ1) is 17.5. The Hall–Kier alpha value is -3.58. The molecule has 0 bridgehead atoms. The molecule has 0 radical (unpaired) electrons. The monoisotopic (exact) mass is 404 g/mol. The number of hydrogen-bond acceptors (Lipinski definition) is 6. The highest BCUT2D eigenvalue weighted by atomic mass is 32.1. The minimum Gasteiger partial charge on any atom is -0.490 e. The van der Waals surface area contributed by atoms with Crippen LogP contribution in [0.15, 0.2) is 68.8 Å². The van der Waals surface area contributed by atoms with E-state index in [0.717, 1.165) is 16.4 Å². The summed E-state index contributed by atoms with van der Waals surface area (Å²) in [6.45, 7) is 2.42. The van der Waals surface area contributed by atoms with E-state index in [0.29, 0.717) is 34.5 Å². The third kappa shape index (κ3) is 3.25. The largest absolute Gasteiger partial charge is 0.490 e. The van der Waals surface area contributed by atoms with Crippen molar-refractivity contribution in [1.29, 1.82) is 0 Å². The topological polar surface area (TPSA) is 77.5 Å². The number of aromatic nitrogens is 1. The summed E-state index contributed by atoms with van der Waals surface area (Å²) >= 11 is 1.33. The summed E-state index contributed by atoms with van der Waals surface area (Å²) in [7, 11) is 0. The molecule has 0 saturated carbocycles. The van der Waals surface area contributed by atoms with Gasteiger partial charge in [0, 0.05) is 16.2 Å². The van der Waals surface area contributed by atoms with Crippen LogP contribution in [0.1, 0.15) is 17.5 Å². The van der Waals surface area contributed by atoms with Crippen LogP contribution in [0.4, 0.5) is 5.13 Å². The second-order valence-electron chi connectivity index (χ2n) is 6.36. The van der Waals surface area contributed by atoms with Crippen LogP contribution in [0.25, 0.3) is 33.4 Å². The van der Waals surface area contributed by atoms with Gasteiger partial charge in [-0.2, -0.15) is 0 Å². The number of para-hydroxylation sites is 2. The molecule has 0 saturated heterocycles. The Labute approximate surface area is 169 Å². The standard InChI is InChI=1S/C22H16N2O4S/c1-2-26-17-9-5-7-14-11-19(28-20(14)17)21(25)24-22-23-15(12-29-22)18-10-13-6-3-4-8-16(13)27-18/h3-12H,2H2,1H3,(H,23,24,25). The van der Waals surface area contributed by atoms with Gasteiger partial charge in [-0.1, -0.05) is 30.3 Å². The molecule has 29 heavy (non-hydrogen) atoms. The van der Waals surface area contributed by atoms with Gasteiger partial charge in [0.25, 0.3) is 5.91 Å². The van der Waals surface area contributed by atoms with E-state index in [4.69, 9.17) is 13.6 Å². The first-order valence-corrected chi connectivity index (χ1v) is 10.0. The van der Waals surface area contributed by atoms with Gasteiger partial charge in [0.2, 0.25) is 0 Å². The summed E-state index contributed by atoms with van der Waals surface area (Å²) in [5.41, 5.74) is 2.03. The predicted octanol–water partition coefficient (Wildman–Crippen LogP) is 5.95. The number of thiazole rings is 1. The van der Waals surface area contributed by atoms with Gasteiger partial charge in [-0.25, -0.2) is 4.98 Å². The highest BCUT2D eigenvalue weighted by Crippen LogP contribution is 2.32. The smallest absolute Gasteiger partial charge is 0.293 e. The van der Waals surface area contributed by atoms with Crippen LogP contribution >= 0.6 is 11.3 Å². The van der Waals surface area contributed by atoms with Crippen molar-refractivity contribution >= 4 is 44.3 Å². The van der Waals surface area contributed by atoms with Gasteiger partial charge >= 0.3 is 0 Å². The minimum absolute atomic E-state index is 0.202. The van der Waals surface area contributed by atoms with Gasteiger partial charge in [-0.05, 0) is 31.2 Å². The summed E-state index contributed by atoms with van der Waals surface area (Å²) in [4.78, 5) is 17.1. The molecule has 3 heterocycles. The van der Waals surface area contributed by atoms with Crippen molar-refractivity contribution in [3.05, 3.63) is 65.7 Å². The van der Waals surface area contributed by atoms with E-state index < -0.39 is 0 Å². The zero-order chi connectivity index (χ0) is 19.8. The van der Waals surface area contributed by atoms with Crippen LogP contribution in [0.2, 0.25) is 0 Å². The maximum atomic E-state index is 12.6. The zero-order valence-electron chi connectivity index (χ0n) is 15.5. The van der Waals surface area contributed by atoms with E-state index in [2.05, 4.69) is 10.3 Å². The Balaban J connectivity index is 1.39. The van der Waals surface area contributed by atoms with E-state index in [9.17, 15) is 4.79 Å². The molecular formula is C22H16N2O4S.